The van der Waals surface area contributed by atoms with Crippen LogP contribution in [0.2, 0.25) is 0 Å². The second kappa shape index (κ2) is 5.44. The molecule has 0 aromatic carbocycles. The summed E-state index contributed by atoms with van der Waals surface area (Å²) < 4.78 is 10.4. The van der Waals surface area contributed by atoms with Crippen molar-refractivity contribution in [2.24, 2.45) is 0 Å². The van der Waals surface area contributed by atoms with Crippen molar-refractivity contribution >= 4 is 5.91 Å². The molecule has 2 atom stereocenters. The predicted octanol–water partition coefficient (Wildman–Crippen LogP) is -0.321. The van der Waals surface area contributed by atoms with E-state index in [4.69, 9.17) is 14.6 Å². The Labute approximate surface area is 89.8 Å². The summed E-state index contributed by atoms with van der Waals surface area (Å²) in [6.07, 6.45) is 0.124. The summed E-state index contributed by atoms with van der Waals surface area (Å²) in [5, 5.41) is 11.9. The van der Waals surface area contributed by atoms with Crippen LogP contribution in [0.1, 0.15) is 20.3 Å². The molecule has 1 aliphatic heterocycles. The zero-order valence-electron chi connectivity index (χ0n) is 9.28. The highest BCUT2D eigenvalue weighted by molar-refractivity contribution is 5.81. The van der Waals surface area contributed by atoms with Gasteiger partial charge in [0, 0.05) is 0 Å². The minimum Gasteiger partial charge on any atom is -0.394 e. The van der Waals surface area contributed by atoms with Crippen LogP contribution in [-0.4, -0.2) is 49.1 Å². The molecule has 1 saturated heterocycles. The van der Waals surface area contributed by atoms with Gasteiger partial charge in [0.2, 0.25) is 0 Å². The Kier molecular flexibility index (Phi) is 4.50. The van der Waals surface area contributed by atoms with Gasteiger partial charge in [-0.25, -0.2) is 0 Å². The highest BCUT2D eigenvalue weighted by atomic mass is 16.6. The zero-order chi connectivity index (χ0) is 11.3. The van der Waals surface area contributed by atoms with E-state index in [0.717, 1.165) is 0 Å². The lowest BCUT2D eigenvalue weighted by Gasteiger charge is -2.30. The maximum Gasteiger partial charge on any atom is 0.252 e. The minimum absolute atomic E-state index is 0.0805. The average molecular weight is 217 g/mol. The van der Waals surface area contributed by atoms with Crippen LogP contribution >= 0.6 is 0 Å². The van der Waals surface area contributed by atoms with E-state index < -0.39 is 11.6 Å². The third-order valence-electron chi connectivity index (χ3n) is 2.66. The fourth-order valence-electron chi connectivity index (χ4n) is 1.26. The summed E-state index contributed by atoms with van der Waals surface area (Å²) in [6, 6.07) is 0. The van der Waals surface area contributed by atoms with Gasteiger partial charge in [-0.05, 0) is 13.3 Å². The van der Waals surface area contributed by atoms with Crippen molar-refractivity contribution in [2.75, 3.05) is 26.4 Å². The fraction of sp³-hybridized carbons (Fsp3) is 0.900. The van der Waals surface area contributed by atoms with Crippen LogP contribution in [-0.2, 0) is 14.3 Å². The number of amides is 1. The lowest BCUT2D eigenvalue weighted by atomic mass is 10.00. The Morgan fingerprint density at radius 3 is 2.80 bits per heavy atom. The summed E-state index contributed by atoms with van der Waals surface area (Å²) >= 11 is 0. The van der Waals surface area contributed by atoms with E-state index in [1.54, 1.807) is 6.92 Å². The SMILES string of the molecule is CCC(C)(CO)NC(=O)C1COCCO1. The molecule has 88 valence electrons. The number of nitrogens with one attached hydrogen (secondary N) is 1. The molecule has 1 aliphatic rings. The first-order valence-electron chi connectivity index (χ1n) is 5.23. The van der Waals surface area contributed by atoms with Crippen LogP contribution in [0.5, 0.6) is 0 Å². The molecule has 5 nitrogen and oxygen atoms in total. The van der Waals surface area contributed by atoms with Crippen LogP contribution in [0.25, 0.3) is 0 Å². The van der Waals surface area contributed by atoms with Crippen molar-refractivity contribution in [1.82, 2.24) is 5.32 Å². The molecule has 0 aromatic heterocycles. The Bertz CT molecular complexity index is 209. The van der Waals surface area contributed by atoms with Gasteiger partial charge >= 0.3 is 0 Å². The summed E-state index contributed by atoms with van der Waals surface area (Å²) in [6.45, 7) is 4.90. The predicted molar refractivity (Wildman–Crippen MR) is 54.5 cm³/mol. The molecule has 1 fully saturated rings. The van der Waals surface area contributed by atoms with Gasteiger partial charge in [-0.1, -0.05) is 6.92 Å². The highest BCUT2D eigenvalue weighted by Gasteiger charge is 2.29. The average Bonchev–Trinajstić information content (AvgIpc) is 2.30. The van der Waals surface area contributed by atoms with Gasteiger partial charge in [0.25, 0.3) is 5.91 Å². The molecule has 2 unspecified atom stereocenters. The molecular formula is C10H19NO4. The van der Waals surface area contributed by atoms with Crippen molar-refractivity contribution in [2.45, 2.75) is 31.9 Å². The summed E-state index contributed by atoms with van der Waals surface area (Å²) in [7, 11) is 0. The Morgan fingerprint density at radius 2 is 2.33 bits per heavy atom. The summed E-state index contributed by atoms with van der Waals surface area (Å²) in [5.41, 5.74) is -0.572. The highest BCUT2D eigenvalue weighted by Crippen LogP contribution is 2.09. The quantitative estimate of drug-likeness (QED) is 0.677. The fourth-order valence-corrected chi connectivity index (χ4v) is 1.26. The molecule has 15 heavy (non-hydrogen) atoms. The molecule has 5 heteroatoms. The van der Waals surface area contributed by atoms with Gasteiger partial charge < -0.3 is 19.9 Å². The van der Waals surface area contributed by atoms with Crippen molar-refractivity contribution < 1.29 is 19.4 Å². The largest absolute Gasteiger partial charge is 0.394 e. The Morgan fingerprint density at radius 1 is 1.60 bits per heavy atom. The third-order valence-corrected chi connectivity index (χ3v) is 2.66. The van der Waals surface area contributed by atoms with Crippen LogP contribution < -0.4 is 5.32 Å². The van der Waals surface area contributed by atoms with Crippen LogP contribution in [0.4, 0.5) is 0 Å². The van der Waals surface area contributed by atoms with Gasteiger partial charge in [0.15, 0.2) is 6.10 Å². The Balaban J connectivity index is 2.46. The van der Waals surface area contributed by atoms with Crippen LogP contribution in [0, 0.1) is 0 Å². The second-order valence-corrected chi connectivity index (χ2v) is 4.00. The number of ether oxygens (including phenoxy) is 2. The Hall–Kier alpha value is -0.650. The first-order valence-corrected chi connectivity index (χ1v) is 5.23. The number of hydrogen-bond donors (Lipinski definition) is 2. The normalized spacial score (nSPS) is 25.7. The van der Waals surface area contributed by atoms with Crippen molar-refractivity contribution in [3.05, 3.63) is 0 Å². The monoisotopic (exact) mass is 217 g/mol. The van der Waals surface area contributed by atoms with Crippen LogP contribution in [0.3, 0.4) is 0 Å². The van der Waals surface area contributed by atoms with Crippen molar-refractivity contribution in [3.8, 4) is 0 Å². The van der Waals surface area contributed by atoms with Gasteiger partial charge in [0.05, 0.1) is 32.0 Å². The topological polar surface area (TPSA) is 67.8 Å². The third kappa shape index (κ3) is 3.44. The van der Waals surface area contributed by atoms with Crippen molar-refractivity contribution in [3.63, 3.8) is 0 Å². The lowest BCUT2D eigenvalue weighted by molar-refractivity contribution is -0.149. The van der Waals surface area contributed by atoms with Crippen molar-refractivity contribution in [1.29, 1.82) is 0 Å². The van der Waals surface area contributed by atoms with E-state index in [1.165, 1.54) is 0 Å². The molecule has 1 heterocycles. The molecule has 0 bridgehead atoms. The second-order valence-electron chi connectivity index (χ2n) is 4.00. The van der Waals surface area contributed by atoms with Gasteiger partial charge in [-0.2, -0.15) is 0 Å². The van der Waals surface area contributed by atoms with E-state index >= 15 is 0 Å². The maximum absolute atomic E-state index is 11.7. The molecule has 0 spiro atoms. The first-order chi connectivity index (χ1) is 7.11. The van der Waals surface area contributed by atoms with E-state index in [2.05, 4.69) is 5.32 Å². The number of aliphatic hydroxyl groups is 1. The number of hydrogen-bond acceptors (Lipinski definition) is 4. The van der Waals surface area contributed by atoms with E-state index in [1.807, 2.05) is 6.92 Å². The molecule has 0 aromatic rings. The van der Waals surface area contributed by atoms with E-state index in [-0.39, 0.29) is 19.1 Å². The lowest BCUT2D eigenvalue weighted by Crippen LogP contribution is -2.54. The number of carbonyl (C=O) groups is 1. The molecule has 1 amide bonds. The van der Waals surface area contributed by atoms with E-state index in [9.17, 15) is 4.79 Å². The van der Waals surface area contributed by atoms with Gasteiger partial charge in [-0.15, -0.1) is 0 Å². The molecule has 2 N–H and O–H groups in total. The van der Waals surface area contributed by atoms with Gasteiger partial charge in [0.1, 0.15) is 0 Å². The summed E-state index contributed by atoms with van der Waals surface area (Å²) in [5.74, 6) is -0.215. The standard InChI is InChI=1S/C10H19NO4/c1-3-10(2,7-12)11-9(13)8-6-14-4-5-15-8/h8,12H,3-7H2,1-2H3,(H,11,13). The number of carbonyl (C=O) groups excluding carboxylic acids is 1. The maximum atomic E-state index is 11.7. The smallest absolute Gasteiger partial charge is 0.252 e. The minimum atomic E-state index is -0.572. The first kappa shape index (κ1) is 12.4. The molecule has 1 rings (SSSR count). The molecule has 0 radical (unpaired) electrons. The summed E-state index contributed by atoms with van der Waals surface area (Å²) in [4.78, 5) is 11.7. The van der Waals surface area contributed by atoms with Crippen LogP contribution in [0.15, 0.2) is 0 Å². The van der Waals surface area contributed by atoms with Gasteiger partial charge in [-0.3, -0.25) is 4.79 Å². The number of aliphatic hydroxyl groups excluding tert-OH is 1. The number of rotatable bonds is 4. The molecule has 0 aliphatic carbocycles. The van der Waals surface area contributed by atoms with E-state index in [0.29, 0.717) is 19.6 Å². The molecule has 0 saturated carbocycles. The molecular weight excluding hydrogens is 198 g/mol. The zero-order valence-corrected chi connectivity index (χ0v) is 9.28.